The first-order chi connectivity index (χ1) is 12.1. The van der Waals surface area contributed by atoms with E-state index in [-0.39, 0.29) is 30.0 Å². The Morgan fingerprint density at radius 2 is 2.23 bits per heavy atom. The Kier molecular flexibility index (Phi) is 7.64. The van der Waals surface area contributed by atoms with Gasteiger partial charge in [0.2, 0.25) is 5.82 Å². The quantitative estimate of drug-likeness (QED) is 0.283. The Bertz CT molecular complexity index is 826. The molecule has 3 N–H and O–H groups in total. The Morgan fingerprint density at radius 1 is 1.38 bits per heavy atom. The van der Waals surface area contributed by atoms with Gasteiger partial charge in [0, 0.05) is 29.3 Å². The number of aliphatic imine (C=N–C) groups is 1. The van der Waals surface area contributed by atoms with E-state index < -0.39 is 0 Å². The number of furan rings is 1. The molecular weight excluding hydrogens is 463 g/mol. The van der Waals surface area contributed by atoms with Gasteiger partial charge in [-0.05, 0) is 38.1 Å². The van der Waals surface area contributed by atoms with Crippen LogP contribution in [0.15, 0.2) is 39.9 Å². The van der Waals surface area contributed by atoms with Gasteiger partial charge in [-0.1, -0.05) is 0 Å². The molecule has 3 rings (SSSR count). The van der Waals surface area contributed by atoms with Gasteiger partial charge >= 0.3 is 0 Å². The van der Waals surface area contributed by atoms with Crippen LogP contribution in [-0.4, -0.2) is 34.2 Å². The molecule has 0 aliphatic heterocycles. The van der Waals surface area contributed by atoms with Gasteiger partial charge in [0.15, 0.2) is 11.7 Å². The van der Waals surface area contributed by atoms with E-state index in [9.17, 15) is 0 Å². The van der Waals surface area contributed by atoms with Crippen molar-refractivity contribution in [2.45, 2.75) is 32.9 Å². The molecule has 0 fully saturated rings. The van der Waals surface area contributed by atoms with Crippen molar-refractivity contribution in [3.8, 4) is 11.6 Å². The number of hydrogen-bond acceptors (Lipinski definition) is 5. The fourth-order valence-corrected chi connectivity index (χ4v) is 3.45. The fourth-order valence-electron chi connectivity index (χ4n) is 2.43. The van der Waals surface area contributed by atoms with Crippen LogP contribution >= 0.6 is 35.3 Å². The molecule has 0 bridgehead atoms. The number of nitrogens with one attached hydrogen (secondary N) is 3. The molecule has 140 valence electrons. The summed E-state index contributed by atoms with van der Waals surface area (Å²) in [7, 11) is 1.76. The van der Waals surface area contributed by atoms with Crippen LogP contribution in [0.3, 0.4) is 0 Å². The summed E-state index contributed by atoms with van der Waals surface area (Å²) < 4.78 is 5.29. The molecule has 0 radical (unpaired) electrons. The molecule has 3 aromatic rings. The predicted molar refractivity (Wildman–Crippen MR) is 115 cm³/mol. The largest absolute Gasteiger partial charge is 0.461 e. The molecular formula is C17H23IN6OS. The van der Waals surface area contributed by atoms with Crippen molar-refractivity contribution in [2.75, 3.05) is 7.05 Å². The van der Waals surface area contributed by atoms with Crippen molar-refractivity contribution in [1.29, 1.82) is 0 Å². The number of aromatic amines is 1. The second kappa shape index (κ2) is 9.72. The Hall–Kier alpha value is -1.88. The van der Waals surface area contributed by atoms with Crippen LogP contribution in [0.25, 0.3) is 11.6 Å². The number of H-pyrrole nitrogens is 1. The molecule has 3 heterocycles. The van der Waals surface area contributed by atoms with Crippen LogP contribution < -0.4 is 10.6 Å². The highest BCUT2D eigenvalue weighted by Gasteiger charge is 2.10. The monoisotopic (exact) mass is 486 g/mol. The van der Waals surface area contributed by atoms with Crippen molar-refractivity contribution in [3.63, 3.8) is 0 Å². The highest BCUT2D eigenvalue weighted by atomic mass is 127. The summed E-state index contributed by atoms with van der Waals surface area (Å²) in [5.74, 6) is 2.64. The van der Waals surface area contributed by atoms with E-state index in [1.807, 2.05) is 23.5 Å². The number of halogens is 1. The second-order valence-corrected chi connectivity index (χ2v) is 7.14. The predicted octanol–water partition coefficient (Wildman–Crippen LogP) is 3.35. The third-order valence-corrected chi connectivity index (χ3v) is 4.63. The van der Waals surface area contributed by atoms with Gasteiger partial charge in [-0.3, -0.25) is 10.1 Å². The van der Waals surface area contributed by atoms with Crippen LogP contribution in [0.1, 0.15) is 22.5 Å². The van der Waals surface area contributed by atoms with E-state index in [0.717, 1.165) is 18.2 Å². The van der Waals surface area contributed by atoms with Gasteiger partial charge in [0.25, 0.3) is 0 Å². The van der Waals surface area contributed by atoms with E-state index in [1.54, 1.807) is 13.3 Å². The molecule has 0 amide bonds. The minimum atomic E-state index is 0. The first-order valence-electron chi connectivity index (χ1n) is 8.11. The van der Waals surface area contributed by atoms with Crippen molar-refractivity contribution >= 4 is 41.3 Å². The smallest absolute Gasteiger partial charge is 0.216 e. The van der Waals surface area contributed by atoms with Crippen molar-refractivity contribution in [3.05, 3.63) is 46.1 Å². The van der Waals surface area contributed by atoms with Gasteiger partial charge in [-0.2, -0.15) is 0 Å². The van der Waals surface area contributed by atoms with Gasteiger partial charge in [0.1, 0.15) is 5.82 Å². The Morgan fingerprint density at radius 3 is 2.88 bits per heavy atom. The molecule has 3 aromatic heterocycles. The summed E-state index contributed by atoms with van der Waals surface area (Å²) in [5.41, 5.74) is 0. The average Bonchev–Trinajstić information content (AvgIpc) is 3.33. The zero-order valence-corrected chi connectivity index (χ0v) is 18.1. The number of nitrogens with zero attached hydrogens (tertiary/aromatic N) is 3. The summed E-state index contributed by atoms with van der Waals surface area (Å²) in [6.45, 7) is 4.77. The van der Waals surface area contributed by atoms with Crippen LogP contribution in [0, 0.1) is 6.92 Å². The molecule has 0 saturated heterocycles. The third-order valence-electron chi connectivity index (χ3n) is 3.61. The summed E-state index contributed by atoms with van der Waals surface area (Å²) in [5, 5.41) is 13.7. The van der Waals surface area contributed by atoms with E-state index in [4.69, 9.17) is 4.42 Å². The van der Waals surface area contributed by atoms with E-state index in [0.29, 0.717) is 18.1 Å². The lowest BCUT2D eigenvalue weighted by molar-refractivity contribution is 0.577. The number of guanidine groups is 1. The minimum absolute atomic E-state index is 0. The summed E-state index contributed by atoms with van der Waals surface area (Å²) in [6, 6.07) is 8.25. The normalized spacial score (nSPS) is 12.5. The summed E-state index contributed by atoms with van der Waals surface area (Å²) >= 11 is 1.83. The third kappa shape index (κ3) is 5.56. The van der Waals surface area contributed by atoms with Crippen LogP contribution in [0.4, 0.5) is 0 Å². The maximum Gasteiger partial charge on any atom is 0.216 e. The van der Waals surface area contributed by atoms with E-state index in [1.165, 1.54) is 9.75 Å². The molecule has 7 nitrogen and oxygen atoms in total. The lowest BCUT2D eigenvalue weighted by Crippen LogP contribution is -2.42. The van der Waals surface area contributed by atoms with Crippen molar-refractivity contribution in [2.24, 2.45) is 4.99 Å². The molecule has 0 spiro atoms. The van der Waals surface area contributed by atoms with Gasteiger partial charge in [-0.15, -0.1) is 40.4 Å². The van der Waals surface area contributed by atoms with Gasteiger partial charge in [0.05, 0.1) is 12.8 Å². The molecule has 0 saturated carbocycles. The summed E-state index contributed by atoms with van der Waals surface area (Å²) in [6.07, 6.45) is 2.57. The zero-order chi connectivity index (χ0) is 17.6. The Labute approximate surface area is 173 Å². The number of aromatic nitrogens is 3. The highest BCUT2D eigenvalue weighted by molar-refractivity contribution is 14.0. The van der Waals surface area contributed by atoms with Crippen LogP contribution in [0.5, 0.6) is 0 Å². The second-order valence-electron chi connectivity index (χ2n) is 5.77. The lowest BCUT2D eigenvalue weighted by atomic mass is 10.2. The standard InChI is InChI=1S/C17H22N6OS.HI/c1-11(9-13-7-6-12(2)25-13)20-17(18-3)19-10-15-21-16(23-22-15)14-5-4-8-24-14;/h4-8,11H,9-10H2,1-3H3,(H2,18,19,20)(H,21,22,23);1H. The minimum Gasteiger partial charge on any atom is -0.461 e. The molecule has 0 aromatic carbocycles. The van der Waals surface area contributed by atoms with Gasteiger partial charge in [-0.25, -0.2) is 4.98 Å². The maximum atomic E-state index is 5.29. The molecule has 0 aliphatic rings. The van der Waals surface area contributed by atoms with Crippen LogP contribution in [0.2, 0.25) is 0 Å². The first-order valence-corrected chi connectivity index (χ1v) is 8.93. The molecule has 0 aliphatic carbocycles. The first kappa shape index (κ1) is 20.4. The van der Waals surface area contributed by atoms with E-state index in [2.05, 4.69) is 56.8 Å². The number of thiophene rings is 1. The van der Waals surface area contributed by atoms with E-state index >= 15 is 0 Å². The van der Waals surface area contributed by atoms with Crippen LogP contribution in [-0.2, 0) is 13.0 Å². The molecule has 9 heteroatoms. The van der Waals surface area contributed by atoms with Crippen molar-refractivity contribution < 1.29 is 4.42 Å². The Balaban J connectivity index is 0.00000243. The summed E-state index contributed by atoms with van der Waals surface area (Å²) in [4.78, 5) is 11.4. The lowest BCUT2D eigenvalue weighted by Gasteiger charge is -2.16. The fraction of sp³-hybridized carbons (Fsp3) is 0.353. The number of aryl methyl sites for hydroxylation is 1. The number of rotatable bonds is 6. The topological polar surface area (TPSA) is 91.1 Å². The SMILES string of the molecule is CN=C(NCc1nc(-c2ccco2)n[nH]1)NC(C)Cc1ccc(C)s1.I. The van der Waals surface area contributed by atoms with Gasteiger partial charge < -0.3 is 15.1 Å². The highest BCUT2D eigenvalue weighted by Crippen LogP contribution is 2.16. The molecule has 1 unspecified atom stereocenters. The van der Waals surface area contributed by atoms with Crippen molar-refractivity contribution in [1.82, 2.24) is 25.8 Å². The maximum absolute atomic E-state index is 5.29. The molecule has 1 atom stereocenters. The zero-order valence-electron chi connectivity index (χ0n) is 14.9. The molecule has 26 heavy (non-hydrogen) atoms. The number of hydrogen-bond donors (Lipinski definition) is 3. The average molecular weight is 486 g/mol.